The van der Waals surface area contributed by atoms with Crippen molar-refractivity contribution < 1.29 is 9.59 Å². The highest BCUT2D eigenvalue weighted by atomic mass is 16.2. The highest BCUT2D eigenvalue weighted by Gasteiger charge is 2.20. The molecule has 0 radical (unpaired) electrons. The molecule has 5 heteroatoms. The Labute approximate surface area is 133 Å². The number of fused-ring (bicyclic) bond motifs is 1. The number of hydrogen-bond acceptors (Lipinski definition) is 3. The monoisotopic (exact) mass is 307 g/mol. The summed E-state index contributed by atoms with van der Waals surface area (Å²) in [5.41, 5.74) is 3.73. The number of benzene rings is 1. The Kier molecular flexibility index (Phi) is 3.70. The van der Waals surface area contributed by atoms with Crippen LogP contribution in [0, 0.1) is 13.8 Å². The van der Waals surface area contributed by atoms with Gasteiger partial charge in [-0.05, 0) is 38.5 Å². The van der Waals surface area contributed by atoms with E-state index in [1.807, 2.05) is 30.3 Å². The summed E-state index contributed by atoms with van der Waals surface area (Å²) >= 11 is 0. The van der Waals surface area contributed by atoms with E-state index >= 15 is 0 Å². The number of H-pyrrole nitrogens is 1. The van der Waals surface area contributed by atoms with Crippen LogP contribution in [0.4, 0.5) is 5.69 Å². The van der Waals surface area contributed by atoms with Gasteiger partial charge >= 0.3 is 0 Å². The first-order chi connectivity index (χ1) is 11.0. The zero-order chi connectivity index (χ0) is 16.6. The van der Waals surface area contributed by atoms with Crippen molar-refractivity contribution in [1.29, 1.82) is 0 Å². The summed E-state index contributed by atoms with van der Waals surface area (Å²) in [6, 6.07) is 9.41. The zero-order valence-electron chi connectivity index (χ0n) is 13.2. The number of pyridine rings is 1. The maximum Gasteiger partial charge on any atom is 0.272 e. The Balaban J connectivity index is 1.99. The number of anilines is 1. The van der Waals surface area contributed by atoms with Gasteiger partial charge < -0.3 is 10.3 Å². The third kappa shape index (κ3) is 2.61. The second-order valence-electron chi connectivity index (χ2n) is 5.52. The summed E-state index contributed by atoms with van der Waals surface area (Å²) in [7, 11) is 0. The number of nitrogens with one attached hydrogen (secondary N) is 2. The average molecular weight is 307 g/mol. The maximum absolute atomic E-state index is 12.6. The van der Waals surface area contributed by atoms with E-state index < -0.39 is 0 Å². The normalized spacial score (nSPS) is 10.7. The minimum absolute atomic E-state index is 0.0536. The molecule has 23 heavy (non-hydrogen) atoms. The van der Waals surface area contributed by atoms with Crippen LogP contribution in [0.1, 0.15) is 39.0 Å². The lowest BCUT2D eigenvalue weighted by Crippen LogP contribution is -2.14. The fourth-order valence-electron chi connectivity index (χ4n) is 2.90. The van der Waals surface area contributed by atoms with Gasteiger partial charge in [0, 0.05) is 22.8 Å². The molecule has 0 unspecified atom stereocenters. The highest BCUT2D eigenvalue weighted by Crippen LogP contribution is 2.23. The van der Waals surface area contributed by atoms with Crippen LogP contribution < -0.4 is 5.32 Å². The molecule has 3 rings (SSSR count). The van der Waals surface area contributed by atoms with Crippen molar-refractivity contribution >= 4 is 28.3 Å². The van der Waals surface area contributed by atoms with Crippen LogP contribution in [0.15, 0.2) is 36.5 Å². The molecule has 0 fully saturated rings. The molecule has 0 saturated heterocycles. The van der Waals surface area contributed by atoms with Crippen molar-refractivity contribution in [3.63, 3.8) is 0 Å². The Morgan fingerprint density at radius 2 is 1.87 bits per heavy atom. The average Bonchev–Trinajstić information content (AvgIpc) is 2.82. The Morgan fingerprint density at radius 1 is 1.13 bits per heavy atom. The van der Waals surface area contributed by atoms with Gasteiger partial charge in [-0.1, -0.05) is 18.2 Å². The van der Waals surface area contributed by atoms with Gasteiger partial charge in [0.05, 0.1) is 11.2 Å². The fourth-order valence-corrected chi connectivity index (χ4v) is 2.90. The first-order valence-corrected chi connectivity index (χ1v) is 7.34. The quantitative estimate of drug-likeness (QED) is 0.725. The van der Waals surface area contributed by atoms with E-state index in [0.29, 0.717) is 28.2 Å². The standard InChI is InChI=1S/C18H17N3O2/c1-10-15(12(3)22)11(2)20-16(10)18(23)21-14-8-4-6-13-7-5-9-19-17(13)14/h4-9,20H,1-3H3,(H,21,23). The number of carbonyl (C=O) groups is 2. The van der Waals surface area contributed by atoms with Gasteiger partial charge in [-0.2, -0.15) is 0 Å². The summed E-state index contributed by atoms with van der Waals surface area (Å²) in [4.78, 5) is 31.6. The predicted molar refractivity (Wildman–Crippen MR) is 90.0 cm³/mol. The molecule has 0 bridgehead atoms. The minimum atomic E-state index is -0.281. The van der Waals surface area contributed by atoms with Crippen LogP contribution in [-0.2, 0) is 0 Å². The number of hydrogen-bond donors (Lipinski definition) is 2. The molecule has 0 spiro atoms. The number of ketones is 1. The first-order valence-electron chi connectivity index (χ1n) is 7.34. The number of carbonyl (C=O) groups excluding carboxylic acids is 2. The second-order valence-corrected chi connectivity index (χ2v) is 5.52. The van der Waals surface area contributed by atoms with Gasteiger partial charge in [0.25, 0.3) is 5.91 Å². The van der Waals surface area contributed by atoms with Gasteiger partial charge in [-0.3, -0.25) is 14.6 Å². The van der Waals surface area contributed by atoms with Crippen molar-refractivity contribution in [1.82, 2.24) is 9.97 Å². The van der Waals surface area contributed by atoms with Gasteiger partial charge in [-0.15, -0.1) is 0 Å². The number of aryl methyl sites for hydroxylation is 1. The highest BCUT2D eigenvalue weighted by molar-refractivity contribution is 6.10. The number of amides is 1. The number of rotatable bonds is 3. The lowest BCUT2D eigenvalue weighted by atomic mass is 10.1. The number of aromatic nitrogens is 2. The molecule has 116 valence electrons. The third-order valence-electron chi connectivity index (χ3n) is 3.90. The molecule has 3 aromatic rings. The molecule has 2 N–H and O–H groups in total. The first kappa shape index (κ1) is 15.0. The molecule has 0 atom stereocenters. The van der Waals surface area contributed by atoms with Gasteiger partial charge in [-0.25, -0.2) is 0 Å². The molecule has 0 aliphatic carbocycles. The molecule has 5 nitrogen and oxygen atoms in total. The van der Waals surface area contributed by atoms with Crippen LogP contribution in [0.25, 0.3) is 10.9 Å². The van der Waals surface area contributed by atoms with Crippen LogP contribution >= 0.6 is 0 Å². The maximum atomic E-state index is 12.6. The lowest BCUT2D eigenvalue weighted by Gasteiger charge is -2.07. The van der Waals surface area contributed by atoms with Gasteiger partial charge in [0.15, 0.2) is 5.78 Å². The Bertz CT molecular complexity index is 920. The van der Waals surface area contributed by atoms with Crippen molar-refractivity contribution in [3.8, 4) is 0 Å². The molecule has 1 aromatic carbocycles. The zero-order valence-corrected chi connectivity index (χ0v) is 13.2. The molecule has 0 saturated carbocycles. The molecule has 2 aromatic heterocycles. The molecule has 2 heterocycles. The lowest BCUT2D eigenvalue weighted by molar-refractivity contribution is 0.101. The SMILES string of the molecule is CC(=O)c1c(C)[nH]c(C(=O)Nc2cccc3cccnc23)c1C. The summed E-state index contributed by atoms with van der Waals surface area (Å²) in [5.74, 6) is -0.335. The van der Waals surface area contributed by atoms with E-state index in [1.165, 1.54) is 6.92 Å². The van der Waals surface area contributed by atoms with Crippen LogP contribution in [-0.4, -0.2) is 21.7 Å². The smallest absolute Gasteiger partial charge is 0.272 e. The minimum Gasteiger partial charge on any atom is -0.354 e. The molecule has 1 amide bonds. The summed E-state index contributed by atoms with van der Waals surface area (Å²) in [6.07, 6.45) is 1.69. The van der Waals surface area contributed by atoms with Crippen LogP contribution in [0.3, 0.4) is 0 Å². The fraction of sp³-hybridized carbons (Fsp3) is 0.167. The molecular weight excluding hydrogens is 290 g/mol. The molecule has 0 aliphatic heterocycles. The largest absolute Gasteiger partial charge is 0.354 e. The second kappa shape index (κ2) is 5.68. The summed E-state index contributed by atoms with van der Waals surface area (Å²) in [5, 5.41) is 3.83. The van der Waals surface area contributed by atoms with E-state index in [-0.39, 0.29) is 11.7 Å². The van der Waals surface area contributed by atoms with E-state index in [1.54, 1.807) is 20.0 Å². The van der Waals surface area contributed by atoms with E-state index in [4.69, 9.17) is 0 Å². The molecule has 0 aliphatic rings. The van der Waals surface area contributed by atoms with Crippen molar-refractivity contribution in [2.75, 3.05) is 5.32 Å². The summed E-state index contributed by atoms with van der Waals surface area (Å²) in [6.45, 7) is 5.07. The molecular formula is C18H17N3O2. The van der Waals surface area contributed by atoms with Gasteiger partial charge in [0.2, 0.25) is 0 Å². The van der Waals surface area contributed by atoms with Crippen molar-refractivity contribution in [2.45, 2.75) is 20.8 Å². The number of nitrogens with zero attached hydrogens (tertiary/aromatic N) is 1. The Hall–Kier alpha value is -2.95. The number of Topliss-reactive ketones (excluding diaryl/α,β-unsaturated/α-hetero) is 1. The third-order valence-corrected chi connectivity index (χ3v) is 3.90. The van der Waals surface area contributed by atoms with Crippen molar-refractivity contribution in [3.05, 3.63) is 59.0 Å². The van der Waals surface area contributed by atoms with Crippen LogP contribution in [0.5, 0.6) is 0 Å². The number of para-hydroxylation sites is 1. The van der Waals surface area contributed by atoms with Gasteiger partial charge in [0.1, 0.15) is 5.69 Å². The Morgan fingerprint density at radius 3 is 2.57 bits per heavy atom. The van der Waals surface area contributed by atoms with E-state index in [0.717, 1.165) is 10.9 Å². The van der Waals surface area contributed by atoms with E-state index in [9.17, 15) is 9.59 Å². The predicted octanol–water partition coefficient (Wildman–Crippen LogP) is 3.63. The van der Waals surface area contributed by atoms with E-state index in [2.05, 4.69) is 15.3 Å². The van der Waals surface area contributed by atoms with Crippen molar-refractivity contribution in [2.24, 2.45) is 0 Å². The summed E-state index contributed by atoms with van der Waals surface area (Å²) < 4.78 is 0. The topological polar surface area (TPSA) is 74.8 Å². The van der Waals surface area contributed by atoms with Crippen LogP contribution in [0.2, 0.25) is 0 Å². The number of aromatic amines is 1.